The van der Waals surface area contributed by atoms with Crippen molar-refractivity contribution in [3.8, 4) is 10.4 Å². The van der Waals surface area contributed by atoms with E-state index < -0.39 is 15.6 Å². The van der Waals surface area contributed by atoms with Gasteiger partial charge in [0.15, 0.2) is 5.01 Å². The summed E-state index contributed by atoms with van der Waals surface area (Å²) in [7, 11) is -3.88. The Labute approximate surface area is 232 Å². The van der Waals surface area contributed by atoms with Crippen molar-refractivity contribution in [3.63, 3.8) is 0 Å². The van der Waals surface area contributed by atoms with Crippen molar-refractivity contribution in [1.29, 1.82) is 0 Å². The maximum Gasteiger partial charge on any atom is 0.283 e. The molecule has 1 aliphatic carbocycles. The van der Waals surface area contributed by atoms with Crippen molar-refractivity contribution in [1.82, 2.24) is 14.6 Å². The second-order valence-corrected chi connectivity index (χ2v) is 14.8. The highest BCUT2D eigenvalue weighted by molar-refractivity contribution is 7.89. The lowest BCUT2D eigenvalue weighted by atomic mass is 9.85. The first-order valence-corrected chi connectivity index (χ1v) is 15.9. The summed E-state index contributed by atoms with van der Waals surface area (Å²) in [6, 6.07) is 3.17. The average molecular weight is 587 g/mol. The molecule has 4 heterocycles. The standard InChI is InChI=1S/C26H33Cl2N3O4S2/c1-26(2,3)30-37(33,34)20-10-9-18(21(27)22(20)28)23-19(11-15-7-5-4-6-8-15)29-24(36-23)25(32)31-13-16-12-17(14-31)35-16/h9-10,15-17,30H,4-8,11-14H2,1-3H3. The first-order valence-electron chi connectivity index (χ1n) is 12.9. The number of nitrogens with zero attached hydrogens (tertiary/aromatic N) is 2. The summed E-state index contributed by atoms with van der Waals surface area (Å²) in [6.45, 7) is 6.46. The number of amides is 1. The Morgan fingerprint density at radius 2 is 1.78 bits per heavy atom. The molecule has 2 atom stereocenters. The minimum atomic E-state index is -3.88. The van der Waals surface area contributed by atoms with Crippen molar-refractivity contribution >= 4 is 50.5 Å². The van der Waals surface area contributed by atoms with E-state index in [2.05, 4.69) is 4.72 Å². The highest BCUT2D eigenvalue weighted by Crippen LogP contribution is 2.43. The minimum absolute atomic E-state index is 0.0333. The molecule has 0 spiro atoms. The monoisotopic (exact) mass is 585 g/mol. The van der Waals surface area contributed by atoms with Gasteiger partial charge in [0.2, 0.25) is 10.0 Å². The second kappa shape index (κ2) is 10.4. The number of fused-ring (bicyclic) bond motifs is 2. The number of nitrogens with one attached hydrogen (secondary N) is 1. The number of carbonyl (C=O) groups is 1. The molecule has 4 aliphatic rings. The molecule has 37 heavy (non-hydrogen) atoms. The fraction of sp³-hybridized carbons (Fsp3) is 0.615. The van der Waals surface area contributed by atoms with Crippen LogP contribution in [0.5, 0.6) is 0 Å². The number of halogens is 2. The van der Waals surface area contributed by atoms with E-state index in [1.165, 1.54) is 36.7 Å². The number of aromatic nitrogens is 1. The van der Waals surface area contributed by atoms with E-state index in [-0.39, 0.29) is 33.1 Å². The van der Waals surface area contributed by atoms with Crippen molar-refractivity contribution in [2.45, 2.75) is 88.4 Å². The van der Waals surface area contributed by atoms with Crippen LogP contribution in [0.4, 0.5) is 0 Å². The lowest BCUT2D eigenvalue weighted by molar-refractivity contribution is -0.171. The lowest BCUT2D eigenvalue weighted by Crippen LogP contribution is -2.58. The molecule has 7 nitrogen and oxygen atoms in total. The number of morpholine rings is 1. The third kappa shape index (κ3) is 5.87. The van der Waals surface area contributed by atoms with Crippen LogP contribution >= 0.6 is 34.5 Å². The molecule has 3 saturated heterocycles. The Kier molecular flexibility index (Phi) is 7.68. The number of thiazole rings is 1. The number of hydrogen-bond donors (Lipinski definition) is 1. The number of sulfonamides is 1. The number of carbonyl (C=O) groups excluding carboxylic acids is 1. The summed E-state index contributed by atoms with van der Waals surface area (Å²) in [6.07, 6.45) is 7.93. The zero-order chi connectivity index (χ0) is 26.5. The van der Waals surface area contributed by atoms with Crippen LogP contribution in [0.2, 0.25) is 10.0 Å². The zero-order valence-corrected chi connectivity index (χ0v) is 24.5. The van der Waals surface area contributed by atoms with Gasteiger partial charge in [0, 0.05) is 30.6 Å². The van der Waals surface area contributed by atoms with Crippen LogP contribution < -0.4 is 4.72 Å². The number of piperidine rings is 1. The Morgan fingerprint density at radius 3 is 2.41 bits per heavy atom. The molecule has 1 aromatic carbocycles. The van der Waals surface area contributed by atoms with Crippen molar-refractivity contribution in [2.24, 2.45) is 5.92 Å². The van der Waals surface area contributed by atoms with Crippen LogP contribution in [-0.2, 0) is 21.2 Å². The summed E-state index contributed by atoms with van der Waals surface area (Å²) >= 11 is 14.6. The molecule has 4 fully saturated rings. The highest BCUT2D eigenvalue weighted by atomic mass is 35.5. The van der Waals surface area contributed by atoms with E-state index in [1.807, 2.05) is 4.90 Å². The van der Waals surface area contributed by atoms with Gasteiger partial charge in [0.1, 0.15) is 4.90 Å². The third-order valence-corrected chi connectivity index (χ3v) is 11.1. The number of benzene rings is 1. The number of rotatable bonds is 6. The molecule has 1 saturated carbocycles. The molecule has 2 aromatic rings. The van der Waals surface area contributed by atoms with Gasteiger partial charge in [-0.3, -0.25) is 4.79 Å². The molecule has 1 aromatic heterocycles. The van der Waals surface area contributed by atoms with Gasteiger partial charge in [-0.2, -0.15) is 0 Å². The maximum absolute atomic E-state index is 13.4. The predicted molar refractivity (Wildman–Crippen MR) is 147 cm³/mol. The molecule has 0 radical (unpaired) electrons. The van der Waals surface area contributed by atoms with Crippen LogP contribution in [0, 0.1) is 5.92 Å². The van der Waals surface area contributed by atoms with Crippen LogP contribution in [-0.4, -0.2) is 55.0 Å². The molecular weight excluding hydrogens is 553 g/mol. The Hall–Kier alpha value is -1.23. The predicted octanol–water partition coefficient (Wildman–Crippen LogP) is 5.93. The quantitative estimate of drug-likeness (QED) is 0.454. The zero-order valence-electron chi connectivity index (χ0n) is 21.4. The largest absolute Gasteiger partial charge is 0.371 e. The van der Waals surface area contributed by atoms with Gasteiger partial charge in [0.25, 0.3) is 5.91 Å². The summed E-state index contributed by atoms with van der Waals surface area (Å²) in [5.74, 6) is 0.411. The van der Waals surface area contributed by atoms with E-state index in [4.69, 9.17) is 32.9 Å². The minimum Gasteiger partial charge on any atom is -0.371 e. The van der Waals surface area contributed by atoms with Crippen molar-refractivity contribution < 1.29 is 17.9 Å². The van der Waals surface area contributed by atoms with E-state index in [9.17, 15) is 13.2 Å². The normalized spacial score (nSPS) is 22.7. The van der Waals surface area contributed by atoms with Gasteiger partial charge in [-0.05, 0) is 39.2 Å². The summed E-state index contributed by atoms with van der Waals surface area (Å²) < 4.78 is 34.3. The highest BCUT2D eigenvalue weighted by Gasteiger charge is 2.41. The van der Waals surface area contributed by atoms with E-state index >= 15 is 0 Å². The van der Waals surface area contributed by atoms with E-state index in [0.29, 0.717) is 29.6 Å². The topological polar surface area (TPSA) is 88.6 Å². The van der Waals surface area contributed by atoms with Crippen LogP contribution in [0.15, 0.2) is 17.0 Å². The Morgan fingerprint density at radius 1 is 1.14 bits per heavy atom. The Balaban J connectivity index is 1.50. The molecule has 1 amide bonds. The van der Waals surface area contributed by atoms with Crippen LogP contribution in [0.25, 0.3) is 10.4 Å². The second-order valence-electron chi connectivity index (χ2n) is 11.4. The molecule has 2 bridgehead atoms. The van der Waals surface area contributed by atoms with Crippen molar-refractivity contribution in [3.05, 3.63) is 32.9 Å². The van der Waals surface area contributed by atoms with Gasteiger partial charge >= 0.3 is 0 Å². The summed E-state index contributed by atoms with van der Waals surface area (Å²) in [4.78, 5) is 20.8. The fourth-order valence-corrected chi connectivity index (χ4v) is 8.92. The molecule has 202 valence electrons. The van der Waals surface area contributed by atoms with Gasteiger partial charge in [-0.15, -0.1) is 11.3 Å². The average Bonchev–Trinajstić information content (AvgIpc) is 3.22. The van der Waals surface area contributed by atoms with Gasteiger partial charge in [0.05, 0.1) is 32.8 Å². The summed E-state index contributed by atoms with van der Waals surface area (Å²) in [5.41, 5.74) is 0.765. The molecule has 3 aliphatic heterocycles. The Bertz CT molecular complexity index is 1280. The first kappa shape index (κ1) is 27.3. The van der Waals surface area contributed by atoms with Gasteiger partial charge in [-0.1, -0.05) is 61.4 Å². The lowest BCUT2D eigenvalue weighted by Gasteiger charge is -2.46. The summed E-state index contributed by atoms with van der Waals surface area (Å²) in [5, 5.41) is 0.549. The smallest absolute Gasteiger partial charge is 0.283 e. The maximum atomic E-state index is 13.4. The van der Waals surface area contributed by atoms with Crippen LogP contribution in [0.1, 0.15) is 74.8 Å². The van der Waals surface area contributed by atoms with Gasteiger partial charge in [-0.25, -0.2) is 18.1 Å². The molecule has 6 rings (SSSR count). The fourth-order valence-electron chi connectivity index (χ4n) is 5.49. The first-order chi connectivity index (χ1) is 17.4. The van der Waals surface area contributed by atoms with E-state index in [1.54, 1.807) is 26.8 Å². The molecule has 2 unspecified atom stereocenters. The SMILES string of the molecule is CC(C)(C)NS(=O)(=O)c1ccc(-c2sc(C(=O)N3CC4CC(C3)O4)nc2CC2CCCCC2)c(Cl)c1Cl. The molecule has 11 heteroatoms. The number of hydrogen-bond acceptors (Lipinski definition) is 6. The van der Waals surface area contributed by atoms with Crippen molar-refractivity contribution in [2.75, 3.05) is 13.1 Å². The van der Waals surface area contributed by atoms with E-state index in [0.717, 1.165) is 36.3 Å². The molecule has 1 N–H and O–H groups in total. The molecular formula is C26H33Cl2N3O4S2. The third-order valence-electron chi connectivity index (χ3n) is 7.15. The number of ether oxygens (including phenoxy) is 1. The van der Waals surface area contributed by atoms with Crippen LogP contribution in [0.3, 0.4) is 0 Å². The van der Waals surface area contributed by atoms with Gasteiger partial charge < -0.3 is 9.64 Å².